The smallest absolute Gasteiger partial charge is 0.243 e. The number of unbranched alkanes of at least 4 members (excludes halogenated alkanes) is 5. The maximum atomic E-state index is 16.4. The Labute approximate surface area is 359 Å². The van der Waals surface area contributed by atoms with Crippen molar-refractivity contribution in [2.45, 2.75) is 96.1 Å². The molecule has 0 saturated carbocycles. The molecule has 2 amide bonds. The number of nitrogens with one attached hydrogen (secondary N) is 1. The molecule has 1 atom stereocenters. The van der Waals surface area contributed by atoms with Gasteiger partial charge >= 0.3 is 0 Å². The van der Waals surface area contributed by atoms with Crippen molar-refractivity contribution >= 4 is 46.2 Å². The number of carbonyl (C=O) groups is 2. The van der Waals surface area contributed by atoms with Crippen LogP contribution in [0.1, 0.15) is 97.9 Å². The number of anilines is 1. The second kappa shape index (κ2) is 20.1. The Morgan fingerprint density at radius 3 is 2.40 bits per heavy atom. The Morgan fingerprint density at radius 2 is 1.67 bits per heavy atom. The van der Waals surface area contributed by atoms with Gasteiger partial charge in [-0.05, 0) is 119 Å². The van der Waals surface area contributed by atoms with Crippen molar-refractivity contribution in [2.75, 3.05) is 64.8 Å². The second-order valence-corrected chi connectivity index (χ2v) is 17.6. The summed E-state index contributed by atoms with van der Waals surface area (Å²) >= 11 is 6.80. The van der Waals surface area contributed by atoms with Crippen LogP contribution < -0.4 is 10.2 Å². The summed E-state index contributed by atoms with van der Waals surface area (Å²) in [5.74, 6) is -0.385. The van der Waals surface area contributed by atoms with E-state index in [9.17, 15) is 9.59 Å². The third-order valence-corrected chi connectivity index (χ3v) is 13.3. The number of amides is 2. The summed E-state index contributed by atoms with van der Waals surface area (Å²) in [5.41, 5.74) is 6.16. The minimum atomic E-state index is -0.609. The number of hydrogen-bond donors (Lipinski definition) is 1. The Morgan fingerprint density at radius 1 is 0.933 bits per heavy atom. The molecule has 3 saturated heterocycles. The molecule has 4 heterocycles. The number of likely N-dealkylation sites (tertiary alicyclic amines) is 1. The van der Waals surface area contributed by atoms with Crippen molar-refractivity contribution in [1.82, 2.24) is 30.0 Å². The maximum Gasteiger partial charge on any atom is 0.243 e. The maximum absolute atomic E-state index is 16.4. The van der Waals surface area contributed by atoms with Crippen LogP contribution in [0.2, 0.25) is 5.02 Å². The Kier molecular flexibility index (Phi) is 14.6. The van der Waals surface area contributed by atoms with Crippen LogP contribution in [0.25, 0.3) is 28.1 Å². The molecule has 3 aliphatic heterocycles. The van der Waals surface area contributed by atoms with E-state index in [0.29, 0.717) is 42.9 Å². The average molecular weight is 841 g/mol. The highest BCUT2D eigenvalue weighted by atomic mass is 35.5. The monoisotopic (exact) mass is 839 g/mol. The molecule has 12 heteroatoms. The van der Waals surface area contributed by atoms with E-state index in [2.05, 4.69) is 67.6 Å². The molecule has 1 N–H and O–H groups in total. The summed E-state index contributed by atoms with van der Waals surface area (Å²) in [6, 6.07) is 10.8. The lowest BCUT2D eigenvalue weighted by atomic mass is 9.83. The van der Waals surface area contributed by atoms with Crippen LogP contribution in [0, 0.1) is 18.6 Å². The van der Waals surface area contributed by atoms with Crippen molar-refractivity contribution in [3.05, 3.63) is 93.8 Å². The zero-order valence-electron chi connectivity index (χ0n) is 35.5. The number of aryl methyl sites for hydroxylation is 2. The van der Waals surface area contributed by atoms with Gasteiger partial charge in [0.15, 0.2) is 5.82 Å². The zero-order valence-corrected chi connectivity index (χ0v) is 36.3. The standard InChI is InChI=1S/C48H60ClF2N7O2/c1-5-33-27-32(2)28-36(38(33)30-56(4)41-16-17-42(59)54-48(41)60)34-18-21-57(22-19-34)20-11-9-7-6-8-10-13-35-14-12-15-40(50)43(35)44-39(49)29-37-46(45(44)51)52-31-53-47(37)58-25-23-55(3)24-26-58/h5,12,14-15,27-29,31,34,41H,1,6-11,13,16-26,30H2,2-4H3,(H,54,59,60). The van der Waals surface area contributed by atoms with Crippen LogP contribution in [0.4, 0.5) is 14.6 Å². The molecule has 4 aromatic rings. The summed E-state index contributed by atoms with van der Waals surface area (Å²) in [7, 11) is 4.06. The summed E-state index contributed by atoms with van der Waals surface area (Å²) in [4.78, 5) is 42.2. The number of aromatic nitrogens is 2. The SMILES string of the molecule is C=Cc1cc(C)cc(C2CCN(CCCCCCCCc3cccc(F)c3-c3c(Cl)cc4c(N5CCN(C)CC5)ncnc4c3F)CC2)c1CN(C)C1CCC(=O)NC1=O. The number of nitrogens with zero attached hydrogens (tertiary/aromatic N) is 6. The minimum Gasteiger partial charge on any atom is -0.353 e. The van der Waals surface area contributed by atoms with E-state index in [4.69, 9.17) is 11.6 Å². The number of imide groups is 1. The lowest BCUT2D eigenvalue weighted by molar-refractivity contribution is -0.137. The van der Waals surface area contributed by atoms with E-state index in [1.165, 1.54) is 35.5 Å². The van der Waals surface area contributed by atoms with E-state index < -0.39 is 11.6 Å². The molecule has 1 unspecified atom stereocenters. The highest BCUT2D eigenvalue weighted by molar-refractivity contribution is 6.34. The minimum absolute atomic E-state index is 0.0718. The van der Waals surface area contributed by atoms with Crippen molar-refractivity contribution in [3.63, 3.8) is 0 Å². The third kappa shape index (κ3) is 10.1. The Hall–Kier alpha value is -4.29. The van der Waals surface area contributed by atoms with E-state index in [-0.39, 0.29) is 39.5 Å². The van der Waals surface area contributed by atoms with Gasteiger partial charge in [-0.15, -0.1) is 0 Å². The van der Waals surface area contributed by atoms with Gasteiger partial charge in [0.05, 0.1) is 11.1 Å². The number of piperidine rings is 2. The molecule has 9 nitrogen and oxygen atoms in total. The lowest BCUT2D eigenvalue weighted by Gasteiger charge is -2.35. The van der Waals surface area contributed by atoms with Gasteiger partial charge in [-0.25, -0.2) is 18.7 Å². The largest absolute Gasteiger partial charge is 0.353 e. The van der Waals surface area contributed by atoms with Gasteiger partial charge in [-0.2, -0.15) is 0 Å². The number of halogens is 3. The molecule has 0 radical (unpaired) electrons. The average Bonchev–Trinajstić information content (AvgIpc) is 3.23. The number of piperazine rings is 1. The first-order chi connectivity index (χ1) is 29.0. The Balaban J connectivity index is 0.877. The molecule has 320 valence electrons. The summed E-state index contributed by atoms with van der Waals surface area (Å²) in [6.07, 6.45) is 13.5. The van der Waals surface area contributed by atoms with Gasteiger partial charge < -0.3 is 14.7 Å². The first-order valence-corrected chi connectivity index (χ1v) is 22.3. The number of rotatable bonds is 16. The van der Waals surface area contributed by atoms with Gasteiger partial charge in [0.2, 0.25) is 11.8 Å². The van der Waals surface area contributed by atoms with E-state index >= 15 is 8.78 Å². The van der Waals surface area contributed by atoms with Crippen LogP contribution in [0.15, 0.2) is 49.3 Å². The highest BCUT2D eigenvalue weighted by Gasteiger charge is 2.32. The number of benzene rings is 3. The van der Waals surface area contributed by atoms with Crippen molar-refractivity contribution < 1.29 is 18.4 Å². The highest BCUT2D eigenvalue weighted by Crippen LogP contribution is 2.41. The fourth-order valence-corrected chi connectivity index (χ4v) is 9.85. The van der Waals surface area contributed by atoms with Crippen molar-refractivity contribution in [1.29, 1.82) is 0 Å². The summed E-state index contributed by atoms with van der Waals surface area (Å²) in [5, 5.41) is 3.21. The number of fused-ring (bicyclic) bond motifs is 1. The quantitative estimate of drug-likeness (QED) is 0.0886. The molecule has 7 rings (SSSR count). The number of hydrogen-bond acceptors (Lipinski definition) is 8. The van der Waals surface area contributed by atoms with E-state index in [0.717, 1.165) is 102 Å². The predicted molar refractivity (Wildman–Crippen MR) is 238 cm³/mol. The fraction of sp³-hybridized carbons (Fsp3) is 0.500. The Bertz CT molecular complexity index is 2180. The van der Waals surface area contributed by atoms with Crippen LogP contribution >= 0.6 is 11.6 Å². The van der Waals surface area contributed by atoms with E-state index in [1.54, 1.807) is 12.1 Å². The number of carbonyl (C=O) groups excluding carboxylic acids is 2. The normalized spacial score (nSPS) is 18.4. The van der Waals surface area contributed by atoms with Crippen molar-refractivity contribution in [2.24, 2.45) is 0 Å². The molecule has 3 aromatic carbocycles. The number of likely N-dealkylation sites (N-methyl/N-ethyl adjacent to an activating group) is 2. The van der Waals surface area contributed by atoms with E-state index in [1.807, 2.05) is 19.2 Å². The summed E-state index contributed by atoms with van der Waals surface area (Å²) < 4.78 is 31.9. The van der Waals surface area contributed by atoms with Gasteiger partial charge in [0.25, 0.3) is 0 Å². The van der Waals surface area contributed by atoms with Gasteiger partial charge in [0.1, 0.15) is 23.5 Å². The van der Waals surface area contributed by atoms with Crippen LogP contribution in [0.5, 0.6) is 0 Å². The van der Waals surface area contributed by atoms with Crippen LogP contribution in [-0.4, -0.2) is 102 Å². The second-order valence-electron chi connectivity index (χ2n) is 17.2. The molecule has 0 aliphatic carbocycles. The molecule has 1 aromatic heterocycles. The van der Waals surface area contributed by atoms with Gasteiger partial charge in [-0.1, -0.05) is 79.8 Å². The lowest BCUT2D eigenvalue weighted by Crippen LogP contribution is -2.51. The van der Waals surface area contributed by atoms with Crippen LogP contribution in [0.3, 0.4) is 0 Å². The topological polar surface area (TPSA) is 84.9 Å². The molecule has 3 fully saturated rings. The van der Waals surface area contributed by atoms with Gasteiger partial charge in [0, 0.05) is 55.7 Å². The third-order valence-electron chi connectivity index (χ3n) is 13.0. The van der Waals surface area contributed by atoms with Crippen molar-refractivity contribution in [3.8, 4) is 11.1 Å². The first kappa shape index (κ1) is 43.8. The molecular weight excluding hydrogens is 780 g/mol. The predicted octanol–water partition coefficient (Wildman–Crippen LogP) is 8.93. The molecule has 3 aliphatic rings. The summed E-state index contributed by atoms with van der Waals surface area (Å²) in [6.45, 7) is 13.4. The molecule has 60 heavy (non-hydrogen) atoms. The first-order valence-electron chi connectivity index (χ1n) is 21.9. The fourth-order valence-electron chi connectivity index (χ4n) is 9.56. The molecule has 0 spiro atoms. The molecule has 0 bridgehead atoms. The zero-order chi connectivity index (χ0) is 42.3. The van der Waals surface area contributed by atoms with Crippen LogP contribution in [-0.2, 0) is 22.6 Å². The van der Waals surface area contributed by atoms with Gasteiger partial charge in [-0.3, -0.25) is 19.8 Å². The molecular formula is C48H60ClF2N7O2.